The summed E-state index contributed by atoms with van der Waals surface area (Å²) >= 11 is 0. The van der Waals surface area contributed by atoms with Gasteiger partial charge >= 0.3 is 11.9 Å². The molecular weight excluding hydrogens is 279 g/mol. The Morgan fingerprint density at radius 1 is 1.24 bits per heavy atom. The van der Waals surface area contributed by atoms with E-state index in [4.69, 9.17) is 0 Å². The van der Waals surface area contributed by atoms with Crippen LogP contribution < -0.4 is 0 Å². The van der Waals surface area contributed by atoms with E-state index in [1.165, 1.54) is 43.3 Å². The number of rotatable bonds is 4. The van der Waals surface area contributed by atoms with Gasteiger partial charge in [-0.2, -0.15) is 5.10 Å². The maximum Gasteiger partial charge on any atom is 0.341 e. The average molecular weight is 292 g/mol. The first-order chi connectivity index (χ1) is 10.1. The Labute approximate surface area is 120 Å². The van der Waals surface area contributed by atoms with Gasteiger partial charge in [-0.15, -0.1) is 0 Å². The number of hydrogen-bond donors (Lipinski definition) is 0. The van der Waals surface area contributed by atoms with Crippen LogP contribution in [0.2, 0.25) is 0 Å². The van der Waals surface area contributed by atoms with Crippen molar-refractivity contribution in [1.82, 2.24) is 9.78 Å². The lowest BCUT2D eigenvalue weighted by Crippen LogP contribution is -2.14. The molecule has 7 heteroatoms. The van der Waals surface area contributed by atoms with Crippen molar-refractivity contribution in [1.29, 1.82) is 0 Å². The number of carbonyl (C=O) groups excluding carboxylic acids is 2. The van der Waals surface area contributed by atoms with Gasteiger partial charge < -0.3 is 9.47 Å². The molecule has 0 saturated heterocycles. The molecule has 1 aromatic heterocycles. The van der Waals surface area contributed by atoms with Crippen LogP contribution >= 0.6 is 0 Å². The van der Waals surface area contributed by atoms with E-state index >= 15 is 0 Å². The van der Waals surface area contributed by atoms with Crippen LogP contribution in [0.1, 0.15) is 16.1 Å². The smallest absolute Gasteiger partial charge is 0.341 e. The molecule has 0 aliphatic rings. The summed E-state index contributed by atoms with van der Waals surface area (Å²) < 4.78 is 24.3. The molecule has 0 bridgehead atoms. The molecule has 2 aromatic rings. The lowest BCUT2D eigenvalue weighted by Gasteiger charge is -2.09. The van der Waals surface area contributed by atoms with E-state index in [0.717, 1.165) is 0 Å². The average Bonchev–Trinajstić information content (AvgIpc) is 2.90. The van der Waals surface area contributed by atoms with Crippen LogP contribution in [0, 0.1) is 5.82 Å². The number of carbonyl (C=O) groups is 2. The monoisotopic (exact) mass is 292 g/mol. The van der Waals surface area contributed by atoms with Crippen molar-refractivity contribution >= 4 is 11.9 Å². The maximum absolute atomic E-state index is 13.9. The number of esters is 2. The predicted octanol–water partition coefficient (Wildman–Crippen LogP) is 1.51. The molecule has 2 rings (SSSR count). The molecule has 1 heterocycles. The van der Waals surface area contributed by atoms with E-state index in [-0.39, 0.29) is 23.4 Å². The largest absolute Gasteiger partial charge is 0.469 e. The third-order valence-electron chi connectivity index (χ3n) is 2.89. The molecule has 0 radical (unpaired) electrons. The van der Waals surface area contributed by atoms with E-state index in [1.54, 1.807) is 6.07 Å². The molecular formula is C14H13FN2O4. The molecule has 0 atom stereocenters. The third-order valence-corrected chi connectivity index (χ3v) is 2.89. The number of benzene rings is 1. The fourth-order valence-corrected chi connectivity index (χ4v) is 1.86. The molecule has 0 aliphatic carbocycles. The fourth-order valence-electron chi connectivity index (χ4n) is 1.86. The summed E-state index contributed by atoms with van der Waals surface area (Å²) in [6.45, 7) is 0. The zero-order valence-electron chi connectivity index (χ0n) is 11.5. The zero-order chi connectivity index (χ0) is 15.4. The highest BCUT2D eigenvalue weighted by Gasteiger charge is 2.22. The van der Waals surface area contributed by atoms with Crippen LogP contribution in [0.3, 0.4) is 0 Å². The topological polar surface area (TPSA) is 70.4 Å². The van der Waals surface area contributed by atoms with Crippen LogP contribution in [0.15, 0.2) is 30.5 Å². The Hall–Kier alpha value is -2.70. The fraction of sp³-hybridized carbons (Fsp3) is 0.214. The standard InChI is InChI=1S/C14H13FN2O4/c1-20-13(18)7-12-9(14(19)21-2)8-16-17(12)11-6-4-3-5-10(11)15/h3-6,8H,7H2,1-2H3. The molecule has 6 nitrogen and oxygen atoms in total. The Morgan fingerprint density at radius 3 is 2.57 bits per heavy atom. The van der Waals surface area contributed by atoms with Gasteiger partial charge in [0.15, 0.2) is 0 Å². The van der Waals surface area contributed by atoms with Crippen molar-refractivity contribution in [2.75, 3.05) is 14.2 Å². The second kappa shape index (κ2) is 6.17. The van der Waals surface area contributed by atoms with Crippen LogP contribution in [0.5, 0.6) is 0 Å². The lowest BCUT2D eigenvalue weighted by atomic mass is 10.2. The van der Waals surface area contributed by atoms with E-state index in [9.17, 15) is 14.0 Å². The summed E-state index contributed by atoms with van der Waals surface area (Å²) in [5.74, 6) is -1.75. The second-order valence-electron chi connectivity index (χ2n) is 4.11. The molecule has 0 amide bonds. The summed E-state index contributed by atoms with van der Waals surface area (Å²) in [6.07, 6.45) is 1.01. The highest BCUT2D eigenvalue weighted by atomic mass is 19.1. The first-order valence-electron chi connectivity index (χ1n) is 6.05. The molecule has 0 fully saturated rings. The quantitative estimate of drug-likeness (QED) is 0.799. The zero-order valence-corrected chi connectivity index (χ0v) is 11.5. The van der Waals surface area contributed by atoms with E-state index < -0.39 is 17.8 Å². The first-order valence-corrected chi connectivity index (χ1v) is 6.05. The molecule has 0 saturated carbocycles. The Balaban J connectivity index is 2.56. The van der Waals surface area contributed by atoms with Gasteiger partial charge in [-0.3, -0.25) is 4.79 Å². The lowest BCUT2D eigenvalue weighted by molar-refractivity contribution is -0.139. The van der Waals surface area contributed by atoms with Crippen molar-refractivity contribution in [2.45, 2.75) is 6.42 Å². The number of ether oxygens (including phenoxy) is 2. The number of aromatic nitrogens is 2. The van der Waals surface area contributed by atoms with E-state index in [1.807, 2.05) is 0 Å². The molecule has 0 unspecified atom stereocenters. The summed E-state index contributed by atoms with van der Waals surface area (Å²) in [4.78, 5) is 23.2. The van der Waals surface area contributed by atoms with Gasteiger partial charge in [0, 0.05) is 0 Å². The van der Waals surface area contributed by atoms with Gasteiger partial charge in [-0.05, 0) is 12.1 Å². The number of hydrogen-bond acceptors (Lipinski definition) is 5. The van der Waals surface area contributed by atoms with Gasteiger partial charge in [-0.1, -0.05) is 12.1 Å². The van der Waals surface area contributed by atoms with Crippen molar-refractivity contribution in [2.24, 2.45) is 0 Å². The van der Waals surface area contributed by atoms with Gasteiger partial charge in [-0.25, -0.2) is 13.9 Å². The van der Waals surface area contributed by atoms with Crippen LogP contribution in [-0.2, 0) is 20.7 Å². The molecule has 1 aromatic carbocycles. The van der Waals surface area contributed by atoms with Gasteiger partial charge in [0.25, 0.3) is 0 Å². The first kappa shape index (κ1) is 14.7. The Kier molecular flexibility index (Phi) is 4.32. The minimum Gasteiger partial charge on any atom is -0.469 e. The van der Waals surface area contributed by atoms with Crippen molar-refractivity contribution in [3.8, 4) is 5.69 Å². The molecule has 0 aliphatic heterocycles. The van der Waals surface area contributed by atoms with Crippen LogP contribution in [0.4, 0.5) is 4.39 Å². The normalized spacial score (nSPS) is 10.2. The third kappa shape index (κ3) is 2.91. The van der Waals surface area contributed by atoms with Gasteiger partial charge in [0.05, 0.1) is 32.5 Å². The van der Waals surface area contributed by atoms with E-state index in [2.05, 4.69) is 14.6 Å². The summed E-state index contributed by atoms with van der Waals surface area (Å²) in [7, 11) is 2.44. The number of methoxy groups -OCH3 is 2. The SMILES string of the molecule is COC(=O)Cc1c(C(=O)OC)cnn1-c1ccccc1F. The second-order valence-corrected chi connectivity index (χ2v) is 4.11. The number of nitrogens with zero attached hydrogens (tertiary/aromatic N) is 2. The van der Waals surface area contributed by atoms with Gasteiger partial charge in [0.2, 0.25) is 0 Å². The summed E-state index contributed by atoms with van der Waals surface area (Å²) in [5.41, 5.74) is 0.427. The highest BCUT2D eigenvalue weighted by molar-refractivity contribution is 5.92. The molecule has 0 spiro atoms. The van der Waals surface area contributed by atoms with Crippen LogP contribution in [-0.4, -0.2) is 35.9 Å². The van der Waals surface area contributed by atoms with Crippen molar-refractivity contribution in [3.63, 3.8) is 0 Å². The Morgan fingerprint density at radius 2 is 1.95 bits per heavy atom. The van der Waals surface area contributed by atoms with Crippen molar-refractivity contribution < 1.29 is 23.5 Å². The van der Waals surface area contributed by atoms with Crippen LogP contribution in [0.25, 0.3) is 5.69 Å². The minimum absolute atomic E-state index is 0.0890. The number of halogens is 1. The highest BCUT2D eigenvalue weighted by Crippen LogP contribution is 2.19. The predicted molar refractivity (Wildman–Crippen MR) is 70.6 cm³/mol. The van der Waals surface area contributed by atoms with Gasteiger partial charge in [0.1, 0.15) is 17.1 Å². The van der Waals surface area contributed by atoms with E-state index in [0.29, 0.717) is 0 Å². The summed E-state index contributed by atoms with van der Waals surface area (Å²) in [5, 5.41) is 3.97. The molecule has 21 heavy (non-hydrogen) atoms. The van der Waals surface area contributed by atoms with Crippen molar-refractivity contribution in [3.05, 3.63) is 47.5 Å². The summed E-state index contributed by atoms with van der Waals surface area (Å²) in [6, 6.07) is 5.91. The Bertz CT molecular complexity index is 681. The molecule has 110 valence electrons. The minimum atomic E-state index is -0.656. The maximum atomic E-state index is 13.9. The number of para-hydroxylation sites is 1. The molecule has 0 N–H and O–H groups in total.